The van der Waals surface area contributed by atoms with Crippen LogP contribution < -0.4 is 10.6 Å². The summed E-state index contributed by atoms with van der Waals surface area (Å²) in [5.41, 5.74) is -0.674. The molecule has 128 valence electrons. The molecule has 1 aliphatic rings. The molecule has 1 saturated heterocycles. The second-order valence-corrected chi connectivity index (χ2v) is 5.54. The molecule has 1 fully saturated rings. The van der Waals surface area contributed by atoms with Gasteiger partial charge in [0.1, 0.15) is 11.6 Å². The van der Waals surface area contributed by atoms with E-state index in [0.29, 0.717) is 25.9 Å². The van der Waals surface area contributed by atoms with Gasteiger partial charge in [-0.2, -0.15) is 0 Å². The van der Waals surface area contributed by atoms with Crippen LogP contribution in [0.15, 0.2) is 0 Å². The molecule has 0 aromatic carbocycles. The largest absolute Gasteiger partial charge is 0.469 e. The van der Waals surface area contributed by atoms with Gasteiger partial charge in [0.25, 0.3) is 0 Å². The molecule has 23 heavy (non-hydrogen) atoms. The first kappa shape index (κ1) is 19.0. The molecule has 0 aromatic heterocycles. The number of carbonyl (C=O) groups excluding carboxylic acids is 3. The Bertz CT molecular complexity index is 494. The van der Waals surface area contributed by atoms with Crippen LogP contribution >= 0.6 is 0 Å². The van der Waals surface area contributed by atoms with Crippen molar-refractivity contribution in [3.8, 4) is 12.3 Å². The van der Waals surface area contributed by atoms with Gasteiger partial charge in [0.2, 0.25) is 11.8 Å². The number of hydrogen-bond donors (Lipinski definition) is 2. The monoisotopic (exact) mass is 323 g/mol. The van der Waals surface area contributed by atoms with Gasteiger partial charge in [-0.3, -0.25) is 19.3 Å². The van der Waals surface area contributed by atoms with E-state index in [-0.39, 0.29) is 24.8 Å². The predicted molar refractivity (Wildman–Crippen MR) is 85.3 cm³/mol. The molecular weight excluding hydrogens is 298 g/mol. The van der Waals surface area contributed by atoms with Gasteiger partial charge in [0.05, 0.1) is 20.1 Å². The van der Waals surface area contributed by atoms with Gasteiger partial charge in [0, 0.05) is 13.1 Å². The van der Waals surface area contributed by atoms with Crippen LogP contribution in [0.25, 0.3) is 0 Å². The molecule has 0 spiro atoms. The SMILES string of the molecule is C#CC(CC)(CC)NC(=O)CN1CCNC(=O)C1CC(=O)OC. The van der Waals surface area contributed by atoms with E-state index >= 15 is 0 Å². The van der Waals surface area contributed by atoms with Gasteiger partial charge in [-0.05, 0) is 12.8 Å². The Balaban J connectivity index is 2.75. The lowest BCUT2D eigenvalue weighted by atomic mass is 9.94. The highest BCUT2D eigenvalue weighted by Gasteiger charge is 2.34. The average molecular weight is 323 g/mol. The molecule has 1 heterocycles. The molecule has 0 saturated carbocycles. The minimum atomic E-state index is -0.703. The van der Waals surface area contributed by atoms with Crippen LogP contribution in [0, 0.1) is 12.3 Å². The van der Waals surface area contributed by atoms with Gasteiger partial charge in [-0.1, -0.05) is 19.8 Å². The first-order valence-electron chi connectivity index (χ1n) is 7.78. The number of hydrogen-bond acceptors (Lipinski definition) is 5. The summed E-state index contributed by atoms with van der Waals surface area (Å²) in [6, 6.07) is -0.703. The fourth-order valence-corrected chi connectivity index (χ4v) is 2.57. The van der Waals surface area contributed by atoms with Crippen molar-refractivity contribution in [2.45, 2.75) is 44.7 Å². The summed E-state index contributed by atoms with van der Waals surface area (Å²) in [4.78, 5) is 37.4. The second-order valence-electron chi connectivity index (χ2n) is 5.54. The van der Waals surface area contributed by atoms with E-state index < -0.39 is 17.6 Å². The number of amides is 2. The molecule has 1 atom stereocenters. The summed E-state index contributed by atoms with van der Waals surface area (Å²) in [5, 5.41) is 5.56. The number of methoxy groups -OCH3 is 1. The first-order chi connectivity index (χ1) is 10.9. The number of rotatable bonds is 7. The van der Waals surface area contributed by atoms with Crippen molar-refractivity contribution in [2.24, 2.45) is 0 Å². The van der Waals surface area contributed by atoms with Crippen molar-refractivity contribution in [1.29, 1.82) is 0 Å². The fourth-order valence-electron chi connectivity index (χ4n) is 2.57. The maximum atomic E-state index is 12.3. The van der Waals surface area contributed by atoms with Crippen molar-refractivity contribution in [2.75, 3.05) is 26.7 Å². The summed E-state index contributed by atoms with van der Waals surface area (Å²) < 4.78 is 4.61. The van der Waals surface area contributed by atoms with Gasteiger partial charge in [0.15, 0.2) is 0 Å². The lowest BCUT2D eigenvalue weighted by molar-refractivity contribution is -0.146. The summed E-state index contributed by atoms with van der Waals surface area (Å²) in [6.07, 6.45) is 6.70. The van der Waals surface area contributed by atoms with Crippen LogP contribution in [0.5, 0.6) is 0 Å². The number of ether oxygens (including phenoxy) is 1. The third-order valence-corrected chi connectivity index (χ3v) is 4.24. The van der Waals surface area contributed by atoms with Gasteiger partial charge in [-0.25, -0.2) is 0 Å². The Hall–Kier alpha value is -2.07. The van der Waals surface area contributed by atoms with Gasteiger partial charge >= 0.3 is 5.97 Å². The highest BCUT2D eigenvalue weighted by molar-refractivity contribution is 5.88. The number of esters is 1. The maximum absolute atomic E-state index is 12.3. The smallest absolute Gasteiger partial charge is 0.307 e. The average Bonchev–Trinajstić information content (AvgIpc) is 2.55. The van der Waals surface area contributed by atoms with E-state index in [9.17, 15) is 14.4 Å². The van der Waals surface area contributed by atoms with Crippen LogP contribution in [-0.2, 0) is 19.1 Å². The third-order valence-electron chi connectivity index (χ3n) is 4.24. The van der Waals surface area contributed by atoms with Crippen molar-refractivity contribution in [1.82, 2.24) is 15.5 Å². The Morgan fingerprint density at radius 1 is 1.48 bits per heavy atom. The molecule has 0 radical (unpaired) electrons. The second kappa shape index (κ2) is 8.53. The Morgan fingerprint density at radius 3 is 2.65 bits per heavy atom. The maximum Gasteiger partial charge on any atom is 0.307 e. The van der Waals surface area contributed by atoms with Crippen LogP contribution in [0.2, 0.25) is 0 Å². The first-order valence-corrected chi connectivity index (χ1v) is 7.78. The van der Waals surface area contributed by atoms with Crippen LogP contribution in [0.3, 0.4) is 0 Å². The highest BCUT2D eigenvalue weighted by atomic mass is 16.5. The highest BCUT2D eigenvalue weighted by Crippen LogP contribution is 2.14. The zero-order valence-electron chi connectivity index (χ0n) is 14.0. The summed E-state index contributed by atoms with van der Waals surface area (Å²) in [7, 11) is 1.27. The van der Waals surface area contributed by atoms with E-state index in [0.717, 1.165) is 0 Å². The summed E-state index contributed by atoms with van der Waals surface area (Å²) in [6.45, 7) is 4.77. The van der Waals surface area contributed by atoms with Crippen molar-refractivity contribution in [3.05, 3.63) is 0 Å². The summed E-state index contributed by atoms with van der Waals surface area (Å²) >= 11 is 0. The molecule has 0 aromatic rings. The van der Waals surface area contributed by atoms with Crippen molar-refractivity contribution >= 4 is 17.8 Å². The van der Waals surface area contributed by atoms with Crippen LogP contribution in [-0.4, -0.2) is 61.0 Å². The molecular formula is C16H25N3O4. The van der Waals surface area contributed by atoms with E-state index in [1.165, 1.54) is 7.11 Å². The molecule has 1 rings (SSSR count). The van der Waals surface area contributed by atoms with Crippen LogP contribution in [0.1, 0.15) is 33.1 Å². The standard InChI is InChI=1S/C16H25N3O4/c1-5-16(6-2,7-3)18-13(20)11-19-9-8-17-15(22)12(19)10-14(21)23-4/h1,12H,6-11H2,2-4H3,(H,17,22)(H,18,20). The molecule has 2 amide bonds. The number of nitrogens with zero attached hydrogens (tertiary/aromatic N) is 1. The third kappa shape index (κ3) is 4.96. The number of nitrogens with one attached hydrogen (secondary N) is 2. The Morgan fingerprint density at radius 2 is 2.13 bits per heavy atom. The van der Waals surface area contributed by atoms with Crippen molar-refractivity contribution in [3.63, 3.8) is 0 Å². The lowest BCUT2D eigenvalue weighted by Gasteiger charge is -2.35. The van der Waals surface area contributed by atoms with Gasteiger partial charge in [-0.15, -0.1) is 6.42 Å². The molecule has 2 N–H and O–H groups in total. The van der Waals surface area contributed by atoms with Crippen LogP contribution in [0.4, 0.5) is 0 Å². The van der Waals surface area contributed by atoms with Crippen molar-refractivity contribution < 1.29 is 19.1 Å². The minimum Gasteiger partial charge on any atom is -0.469 e. The molecule has 1 unspecified atom stereocenters. The lowest BCUT2D eigenvalue weighted by Crippen LogP contribution is -2.59. The number of carbonyl (C=O) groups is 3. The fraction of sp³-hybridized carbons (Fsp3) is 0.688. The molecule has 7 heteroatoms. The Kier molecular flexibility index (Phi) is 7.04. The zero-order chi connectivity index (χ0) is 17.5. The molecule has 1 aliphatic heterocycles. The van der Waals surface area contributed by atoms with E-state index in [2.05, 4.69) is 21.3 Å². The van der Waals surface area contributed by atoms with E-state index in [1.807, 2.05) is 13.8 Å². The predicted octanol–water partition coefficient (Wildman–Crippen LogP) is -0.342. The minimum absolute atomic E-state index is 0.0124. The number of terminal acetylenes is 1. The summed E-state index contributed by atoms with van der Waals surface area (Å²) in [5.74, 6) is 1.62. The normalized spacial score (nSPS) is 18.7. The van der Waals surface area contributed by atoms with E-state index in [1.54, 1.807) is 4.90 Å². The van der Waals surface area contributed by atoms with E-state index in [4.69, 9.17) is 6.42 Å². The zero-order valence-corrected chi connectivity index (χ0v) is 14.0. The molecule has 0 aliphatic carbocycles. The topological polar surface area (TPSA) is 87.7 Å². The molecule has 0 bridgehead atoms. The molecule has 7 nitrogen and oxygen atoms in total. The Labute approximate surface area is 137 Å². The quantitative estimate of drug-likeness (QED) is 0.494. The van der Waals surface area contributed by atoms with Gasteiger partial charge < -0.3 is 15.4 Å². The number of piperazine rings is 1.